The van der Waals surface area contributed by atoms with Gasteiger partial charge in [0.25, 0.3) is 5.91 Å². The molecule has 2 amide bonds. The third-order valence-electron chi connectivity index (χ3n) is 4.43. The molecule has 1 aliphatic rings. The van der Waals surface area contributed by atoms with Gasteiger partial charge in [-0.1, -0.05) is 6.08 Å². The van der Waals surface area contributed by atoms with Crippen LogP contribution in [0.25, 0.3) is 0 Å². The Morgan fingerprint density at radius 3 is 2.26 bits per heavy atom. The first kappa shape index (κ1) is 22.4. The van der Waals surface area contributed by atoms with Gasteiger partial charge in [-0.2, -0.15) is 0 Å². The minimum absolute atomic E-state index is 0.0258. The highest BCUT2D eigenvalue weighted by Crippen LogP contribution is 2.43. The predicted octanol–water partition coefficient (Wildman–Crippen LogP) is 3.65. The van der Waals surface area contributed by atoms with Crippen LogP contribution in [0, 0.1) is 0 Å². The lowest BCUT2D eigenvalue weighted by Gasteiger charge is -2.28. The molecule has 0 aromatic heterocycles. The number of rotatable bonds is 4. The lowest BCUT2D eigenvalue weighted by atomic mass is 10.0. The van der Waals surface area contributed by atoms with Crippen LogP contribution < -0.4 is 4.74 Å². The molecule has 3 rings (SSSR count). The van der Waals surface area contributed by atoms with E-state index in [-0.39, 0.29) is 22.0 Å². The zero-order chi connectivity index (χ0) is 22.9. The molecule has 1 aliphatic heterocycles. The smallest absolute Gasteiger partial charge is 0.418 e. The molecule has 2 aromatic rings. The number of carbonyl (C=O) groups excluding carboxylic acids is 2. The van der Waals surface area contributed by atoms with Crippen molar-refractivity contribution in [2.75, 3.05) is 7.11 Å². The number of nitrogens with zero attached hydrogens (tertiary/aromatic N) is 1. The van der Waals surface area contributed by atoms with Gasteiger partial charge in [0.05, 0.1) is 28.8 Å². The molecule has 0 saturated heterocycles. The standard InChI is InChI=1S/C22H23NO7S/c1-22(2,3)30-21(27)23-15(9-12-18(23)26)19-16(24)10-11-17(25)20(19)31(28)14-7-5-13(29-4)6-8-14/h5-12,15,24-25H,1-4H3/t15-,31?/m1/s1. The van der Waals surface area contributed by atoms with Crippen molar-refractivity contribution in [3.05, 3.63) is 54.1 Å². The number of phenols is 2. The minimum atomic E-state index is -1.93. The summed E-state index contributed by atoms with van der Waals surface area (Å²) in [5, 5.41) is 21.1. The summed E-state index contributed by atoms with van der Waals surface area (Å²) in [4.78, 5) is 26.1. The minimum Gasteiger partial charge on any atom is -0.508 e. The Balaban J connectivity index is 2.09. The Kier molecular flexibility index (Phi) is 6.08. The van der Waals surface area contributed by atoms with Gasteiger partial charge in [-0.15, -0.1) is 0 Å². The average molecular weight is 445 g/mol. The molecule has 1 heterocycles. The number of benzene rings is 2. The Morgan fingerprint density at radius 2 is 1.68 bits per heavy atom. The molecule has 0 bridgehead atoms. The first-order valence-corrected chi connectivity index (χ1v) is 10.5. The molecule has 2 aromatic carbocycles. The largest absolute Gasteiger partial charge is 0.508 e. The highest BCUT2D eigenvalue weighted by Gasteiger charge is 2.39. The topological polar surface area (TPSA) is 113 Å². The van der Waals surface area contributed by atoms with E-state index in [2.05, 4.69) is 0 Å². The third kappa shape index (κ3) is 4.56. The molecular weight excluding hydrogens is 422 g/mol. The summed E-state index contributed by atoms with van der Waals surface area (Å²) in [7, 11) is -0.435. The number of hydrogen-bond acceptors (Lipinski definition) is 7. The van der Waals surface area contributed by atoms with Crippen LogP contribution in [0.1, 0.15) is 32.4 Å². The number of imide groups is 1. The first-order chi connectivity index (χ1) is 14.5. The fourth-order valence-electron chi connectivity index (χ4n) is 3.09. The van der Waals surface area contributed by atoms with Crippen LogP contribution in [0.5, 0.6) is 17.2 Å². The lowest BCUT2D eigenvalue weighted by Crippen LogP contribution is -2.39. The van der Waals surface area contributed by atoms with Gasteiger partial charge in [0, 0.05) is 16.5 Å². The first-order valence-electron chi connectivity index (χ1n) is 9.38. The predicted molar refractivity (Wildman–Crippen MR) is 112 cm³/mol. The van der Waals surface area contributed by atoms with Gasteiger partial charge < -0.3 is 19.7 Å². The third-order valence-corrected chi connectivity index (χ3v) is 5.93. The highest BCUT2D eigenvalue weighted by molar-refractivity contribution is 7.85. The molecule has 0 fully saturated rings. The van der Waals surface area contributed by atoms with Crippen LogP contribution in [-0.2, 0) is 20.3 Å². The Labute approximate surface area is 182 Å². The van der Waals surface area contributed by atoms with Crippen molar-refractivity contribution >= 4 is 22.8 Å². The number of amides is 2. The van der Waals surface area contributed by atoms with Crippen molar-refractivity contribution in [3.63, 3.8) is 0 Å². The maximum absolute atomic E-state index is 13.3. The molecule has 2 N–H and O–H groups in total. The zero-order valence-corrected chi connectivity index (χ0v) is 18.3. The molecule has 2 atom stereocenters. The number of hydrogen-bond donors (Lipinski definition) is 2. The van der Waals surface area contributed by atoms with Gasteiger partial charge in [0.1, 0.15) is 22.8 Å². The Hall–Kier alpha value is -3.33. The van der Waals surface area contributed by atoms with Crippen LogP contribution in [-0.4, -0.2) is 44.0 Å². The van der Waals surface area contributed by atoms with E-state index in [1.807, 2.05) is 0 Å². The summed E-state index contributed by atoms with van der Waals surface area (Å²) in [5.41, 5.74) is -0.887. The molecule has 0 aliphatic carbocycles. The number of phenolic OH excluding ortho intramolecular Hbond substituents is 2. The molecule has 0 spiro atoms. The van der Waals surface area contributed by atoms with E-state index in [1.54, 1.807) is 45.0 Å². The second-order valence-electron chi connectivity index (χ2n) is 7.78. The molecular formula is C22H23NO7S. The van der Waals surface area contributed by atoms with E-state index in [0.717, 1.165) is 11.0 Å². The van der Waals surface area contributed by atoms with Crippen LogP contribution in [0.15, 0.2) is 58.3 Å². The maximum Gasteiger partial charge on any atom is 0.418 e. The van der Waals surface area contributed by atoms with Gasteiger partial charge in [0.15, 0.2) is 0 Å². The molecule has 8 nitrogen and oxygen atoms in total. The molecule has 9 heteroatoms. The summed E-state index contributed by atoms with van der Waals surface area (Å²) in [6.07, 6.45) is 1.63. The second kappa shape index (κ2) is 8.43. The number of ether oxygens (including phenoxy) is 2. The summed E-state index contributed by atoms with van der Waals surface area (Å²) in [6, 6.07) is 7.65. The van der Waals surface area contributed by atoms with Crippen LogP contribution in [0.2, 0.25) is 0 Å². The van der Waals surface area contributed by atoms with Crippen LogP contribution >= 0.6 is 0 Å². The summed E-state index contributed by atoms with van der Waals surface area (Å²) >= 11 is 0. The van der Waals surface area contributed by atoms with E-state index < -0.39 is 34.4 Å². The Morgan fingerprint density at radius 1 is 1.06 bits per heavy atom. The van der Waals surface area contributed by atoms with Gasteiger partial charge in [-0.3, -0.25) is 4.79 Å². The molecule has 164 valence electrons. The fourth-order valence-corrected chi connectivity index (χ4v) is 4.39. The van der Waals surface area contributed by atoms with Gasteiger partial charge in [0.2, 0.25) is 0 Å². The Bertz CT molecular complexity index is 1070. The number of aromatic hydroxyl groups is 2. The van der Waals surface area contributed by atoms with Crippen molar-refractivity contribution in [3.8, 4) is 17.2 Å². The fraction of sp³-hybridized carbons (Fsp3) is 0.273. The van der Waals surface area contributed by atoms with E-state index in [0.29, 0.717) is 10.6 Å². The van der Waals surface area contributed by atoms with Crippen molar-refractivity contribution in [1.29, 1.82) is 0 Å². The number of carbonyl (C=O) groups is 2. The van der Waals surface area contributed by atoms with E-state index in [4.69, 9.17) is 9.47 Å². The number of methoxy groups -OCH3 is 1. The molecule has 1 unspecified atom stereocenters. The average Bonchev–Trinajstić information content (AvgIpc) is 3.09. The maximum atomic E-state index is 13.3. The monoisotopic (exact) mass is 445 g/mol. The van der Waals surface area contributed by atoms with Gasteiger partial charge in [-0.25, -0.2) is 13.9 Å². The molecule has 0 radical (unpaired) electrons. The SMILES string of the molecule is COc1ccc(S(=O)c2c(O)ccc(O)c2[C@H]2C=CC(=O)N2C(=O)OC(C)(C)C)cc1. The van der Waals surface area contributed by atoms with Crippen LogP contribution in [0.3, 0.4) is 0 Å². The van der Waals surface area contributed by atoms with Crippen LogP contribution in [0.4, 0.5) is 4.79 Å². The summed E-state index contributed by atoms with van der Waals surface area (Å²) in [6.45, 7) is 4.97. The van der Waals surface area contributed by atoms with Crippen molar-refractivity contribution in [2.45, 2.75) is 42.2 Å². The summed E-state index contributed by atoms with van der Waals surface area (Å²) in [5.74, 6) is -0.767. The second-order valence-corrected chi connectivity index (χ2v) is 9.20. The normalized spacial score (nSPS) is 17.0. The van der Waals surface area contributed by atoms with E-state index in [9.17, 15) is 24.0 Å². The molecule has 31 heavy (non-hydrogen) atoms. The summed E-state index contributed by atoms with van der Waals surface area (Å²) < 4.78 is 23.8. The quantitative estimate of drug-likeness (QED) is 0.691. The highest BCUT2D eigenvalue weighted by atomic mass is 32.2. The van der Waals surface area contributed by atoms with Gasteiger partial charge in [-0.05, 0) is 57.2 Å². The van der Waals surface area contributed by atoms with Gasteiger partial charge >= 0.3 is 6.09 Å². The van der Waals surface area contributed by atoms with Crippen molar-refractivity contribution < 1.29 is 33.5 Å². The van der Waals surface area contributed by atoms with E-state index >= 15 is 0 Å². The molecule has 0 saturated carbocycles. The zero-order valence-electron chi connectivity index (χ0n) is 17.5. The van der Waals surface area contributed by atoms with E-state index in [1.165, 1.54) is 25.3 Å². The lowest BCUT2D eigenvalue weighted by molar-refractivity contribution is -0.125. The van der Waals surface area contributed by atoms with Crippen molar-refractivity contribution in [2.24, 2.45) is 0 Å². The van der Waals surface area contributed by atoms with Crippen molar-refractivity contribution in [1.82, 2.24) is 4.90 Å².